The fourth-order valence-corrected chi connectivity index (χ4v) is 8.05. The quantitative estimate of drug-likeness (QED) is 0.325. The van der Waals surface area contributed by atoms with Gasteiger partial charge in [-0.15, -0.1) is 5.73 Å². The molecule has 1 unspecified atom stereocenters. The van der Waals surface area contributed by atoms with Crippen molar-refractivity contribution in [3.05, 3.63) is 41.7 Å². The molecule has 0 heteroatoms. The van der Waals surface area contributed by atoms with E-state index in [2.05, 4.69) is 77.7 Å². The number of hydrogen-bond acceptors (Lipinski definition) is 0. The maximum absolute atomic E-state index is 3.79. The topological polar surface area (TPSA) is 0 Å². The zero-order chi connectivity index (χ0) is 20.8. The highest BCUT2D eigenvalue weighted by Crippen LogP contribution is 2.65. The zero-order valence-electron chi connectivity index (χ0n) is 19.9. The molecule has 160 valence electrons. The average molecular weight is 393 g/mol. The fraction of sp³-hybridized carbons (Fsp3) is 0.759. The lowest BCUT2D eigenvalue weighted by atomic mass is 9.49. The molecule has 0 bridgehead atoms. The van der Waals surface area contributed by atoms with Crippen molar-refractivity contribution in [3.63, 3.8) is 0 Å². The number of hydrogen-bond donors (Lipinski definition) is 0. The lowest BCUT2D eigenvalue weighted by Gasteiger charge is -2.55. The zero-order valence-corrected chi connectivity index (χ0v) is 19.9. The molecule has 0 aromatic carbocycles. The number of allylic oxidation sites excluding steroid dienone is 5. The van der Waals surface area contributed by atoms with E-state index < -0.39 is 0 Å². The van der Waals surface area contributed by atoms with Crippen LogP contribution in [0.25, 0.3) is 0 Å². The third-order valence-corrected chi connectivity index (χ3v) is 10.0. The molecule has 0 saturated heterocycles. The summed E-state index contributed by atoms with van der Waals surface area (Å²) in [6.07, 6.45) is 22.0. The van der Waals surface area contributed by atoms with Crippen LogP contribution in [0.15, 0.2) is 41.7 Å². The molecule has 0 aliphatic heterocycles. The maximum Gasteiger partial charge on any atom is 0.00349 e. The molecule has 0 N–H and O–H groups in total. The van der Waals surface area contributed by atoms with Crippen molar-refractivity contribution in [1.82, 2.24) is 0 Å². The Morgan fingerprint density at radius 2 is 1.86 bits per heavy atom. The van der Waals surface area contributed by atoms with Gasteiger partial charge >= 0.3 is 0 Å². The lowest BCUT2D eigenvalue weighted by Crippen LogP contribution is -2.48. The summed E-state index contributed by atoms with van der Waals surface area (Å²) >= 11 is 0. The number of fused-ring (bicyclic) bond motifs is 5. The minimum Gasteiger partial charge on any atom is -0.121 e. The van der Waals surface area contributed by atoms with Gasteiger partial charge in [0.15, 0.2) is 0 Å². The summed E-state index contributed by atoms with van der Waals surface area (Å²) in [5, 5.41) is 0. The molecule has 29 heavy (non-hydrogen) atoms. The third kappa shape index (κ3) is 3.44. The Labute approximate surface area is 180 Å². The van der Waals surface area contributed by atoms with Gasteiger partial charge in [0.2, 0.25) is 0 Å². The van der Waals surface area contributed by atoms with Gasteiger partial charge < -0.3 is 0 Å². The van der Waals surface area contributed by atoms with Gasteiger partial charge in [0.25, 0.3) is 0 Å². The summed E-state index contributed by atoms with van der Waals surface area (Å²) in [7, 11) is 0. The molecule has 0 heterocycles. The van der Waals surface area contributed by atoms with E-state index >= 15 is 0 Å². The second-order valence-corrected chi connectivity index (χ2v) is 11.7. The predicted octanol–water partition coefficient (Wildman–Crippen LogP) is 8.37. The van der Waals surface area contributed by atoms with Crippen LogP contribution in [0.5, 0.6) is 0 Å². The van der Waals surface area contributed by atoms with Crippen molar-refractivity contribution < 1.29 is 0 Å². The summed E-state index contributed by atoms with van der Waals surface area (Å²) in [5.41, 5.74) is 6.18. The van der Waals surface area contributed by atoms with E-state index in [1.54, 1.807) is 0 Å². The highest BCUT2D eigenvalue weighted by molar-refractivity contribution is 5.34. The second-order valence-electron chi connectivity index (χ2n) is 11.7. The molecule has 0 spiro atoms. The van der Waals surface area contributed by atoms with Crippen LogP contribution in [0, 0.1) is 52.3 Å². The Hall–Kier alpha value is -1.00. The smallest absolute Gasteiger partial charge is 0.00349 e. The van der Waals surface area contributed by atoms with Crippen LogP contribution in [0.2, 0.25) is 0 Å². The summed E-state index contributed by atoms with van der Waals surface area (Å²) < 4.78 is 0. The third-order valence-electron chi connectivity index (χ3n) is 10.0. The molecular formula is C29H44. The van der Waals surface area contributed by atoms with Gasteiger partial charge in [-0.2, -0.15) is 0 Å². The Balaban J connectivity index is 1.56. The average Bonchev–Trinajstić information content (AvgIpc) is 3.05. The van der Waals surface area contributed by atoms with E-state index in [9.17, 15) is 0 Å². The van der Waals surface area contributed by atoms with Gasteiger partial charge in [0, 0.05) is 5.41 Å². The van der Waals surface area contributed by atoms with Crippen LogP contribution in [0.3, 0.4) is 0 Å². The highest BCUT2D eigenvalue weighted by atomic mass is 14.6. The first-order valence-corrected chi connectivity index (χ1v) is 12.6. The van der Waals surface area contributed by atoms with E-state index in [0.717, 1.165) is 35.5 Å². The van der Waals surface area contributed by atoms with Crippen molar-refractivity contribution in [2.45, 2.75) is 86.5 Å². The van der Waals surface area contributed by atoms with Gasteiger partial charge in [0.05, 0.1) is 0 Å². The molecule has 8 atom stereocenters. The summed E-state index contributed by atoms with van der Waals surface area (Å²) in [6.45, 7) is 14.8. The summed E-state index contributed by atoms with van der Waals surface area (Å²) in [4.78, 5) is 0. The molecule has 2 saturated carbocycles. The number of rotatable bonds is 5. The van der Waals surface area contributed by atoms with Crippen LogP contribution in [-0.2, 0) is 0 Å². The second kappa shape index (κ2) is 7.92. The van der Waals surface area contributed by atoms with E-state index in [-0.39, 0.29) is 0 Å². The van der Waals surface area contributed by atoms with Crippen molar-refractivity contribution in [1.29, 1.82) is 0 Å². The fourth-order valence-electron chi connectivity index (χ4n) is 8.05. The van der Waals surface area contributed by atoms with Crippen LogP contribution in [0.4, 0.5) is 0 Å². The Kier molecular flexibility index (Phi) is 5.80. The summed E-state index contributed by atoms with van der Waals surface area (Å²) in [5.74, 6) is 5.53. The monoisotopic (exact) mass is 392 g/mol. The van der Waals surface area contributed by atoms with Crippen molar-refractivity contribution in [2.24, 2.45) is 52.3 Å². The Morgan fingerprint density at radius 1 is 1.07 bits per heavy atom. The molecule has 0 radical (unpaired) electrons. The SMILES string of the molecule is CCC(/C=C/[C@@H](C)[C@H]1CC[C@H]2[C@@H]3C=C=C4C=CCC[C@]4(C)[C@H]3CC[C@]12C)C(C)C. The van der Waals surface area contributed by atoms with Crippen LogP contribution >= 0.6 is 0 Å². The van der Waals surface area contributed by atoms with E-state index in [1.165, 1.54) is 50.5 Å². The lowest BCUT2D eigenvalue weighted by molar-refractivity contribution is -0.0189. The molecule has 4 aliphatic rings. The molecule has 4 aliphatic carbocycles. The maximum atomic E-state index is 3.79. The molecule has 4 rings (SSSR count). The largest absolute Gasteiger partial charge is 0.121 e. The predicted molar refractivity (Wildman–Crippen MR) is 126 cm³/mol. The molecule has 0 aromatic heterocycles. The highest BCUT2D eigenvalue weighted by Gasteiger charge is 2.57. The molecular weight excluding hydrogens is 348 g/mol. The van der Waals surface area contributed by atoms with Gasteiger partial charge in [-0.25, -0.2) is 0 Å². The van der Waals surface area contributed by atoms with E-state index in [0.29, 0.717) is 16.7 Å². The minimum atomic E-state index is 0.380. The van der Waals surface area contributed by atoms with Crippen molar-refractivity contribution >= 4 is 0 Å². The van der Waals surface area contributed by atoms with Crippen LogP contribution in [0.1, 0.15) is 86.5 Å². The normalized spacial score (nSPS) is 43.1. The first-order valence-electron chi connectivity index (χ1n) is 12.6. The standard InChI is InChI=1S/C29H44/c1-7-22(20(2)3)12-11-21(4)25-15-16-26-24-14-13-23-10-8-9-18-28(23,5)27(24)17-19-29(25,26)6/h8,10-12,14,20-22,24-27H,7,9,15-19H2,1-6H3/b12-11+/t21-,22?,24+,25-,26+,27+,28+,29-/m1/s1. The minimum absolute atomic E-state index is 0.380. The Bertz CT molecular complexity index is 729. The van der Waals surface area contributed by atoms with Crippen LogP contribution in [-0.4, -0.2) is 0 Å². The first kappa shape index (κ1) is 21.2. The van der Waals surface area contributed by atoms with Gasteiger partial charge in [-0.1, -0.05) is 65.8 Å². The van der Waals surface area contributed by atoms with E-state index in [1.807, 2.05) is 0 Å². The van der Waals surface area contributed by atoms with E-state index in [4.69, 9.17) is 0 Å². The first-order chi connectivity index (χ1) is 13.8. The molecule has 0 aromatic rings. The van der Waals surface area contributed by atoms with Crippen LogP contribution < -0.4 is 0 Å². The van der Waals surface area contributed by atoms with Gasteiger partial charge in [-0.3, -0.25) is 0 Å². The van der Waals surface area contributed by atoms with Crippen molar-refractivity contribution in [2.75, 3.05) is 0 Å². The van der Waals surface area contributed by atoms with Gasteiger partial charge in [-0.05, 0) is 103 Å². The molecule has 0 amide bonds. The van der Waals surface area contributed by atoms with Gasteiger partial charge in [0.1, 0.15) is 0 Å². The molecule has 2 fully saturated rings. The Morgan fingerprint density at radius 3 is 2.59 bits per heavy atom. The summed E-state index contributed by atoms with van der Waals surface area (Å²) in [6, 6.07) is 0. The molecule has 0 nitrogen and oxygen atoms in total. The van der Waals surface area contributed by atoms with Crippen molar-refractivity contribution in [3.8, 4) is 0 Å².